The van der Waals surface area contributed by atoms with Crippen molar-refractivity contribution in [2.45, 2.75) is 19.9 Å². The average Bonchev–Trinajstić information content (AvgIpc) is 2.59. The molecule has 1 aliphatic rings. The zero-order valence-corrected chi connectivity index (χ0v) is 9.34. The lowest BCUT2D eigenvalue weighted by atomic mass is 10.1. The van der Waals surface area contributed by atoms with E-state index >= 15 is 0 Å². The molecule has 0 atom stereocenters. The van der Waals surface area contributed by atoms with E-state index < -0.39 is 0 Å². The molecule has 2 aromatic rings. The SMILES string of the molecule is Cc1cc2ncc3c(n2n1)CCNC3.Cl. The Morgan fingerprint density at radius 1 is 1.47 bits per heavy atom. The lowest BCUT2D eigenvalue weighted by molar-refractivity contribution is 0.609. The summed E-state index contributed by atoms with van der Waals surface area (Å²) in [5, 5.41) is 7.78. The first-order valence-corrected chi connectivity index (χ1v) is 4.88. The molecule has 0 radical (unpaired) electrons. The molecule has 0 aromatic carbocycles. The van der Waals surface area contributed by atoms with E-state index in [9.17, 15) is 0 Å². The fourth-order valence-electron chi connectivity index (χ4n) is 1.97. The highest BCUT2D eigenvalue weighted by molar-refractivity contribution is 5.85. The first-order valence-electron chi connectivity index (χ1n) is 4.88. The van der Waals surface area contributed by atoms with Gasteiger partial charge in [0.15, 0.2) is 5.65 Å². The van der Waals surface area contributed by atoms with Crippen LogP contribution in [-0.2, 0) is 13.0 Å². The highest BCUT2D eigenvalue weighted by atomic mass is 35.5. The van der Waals surface area contributed by atoms with Crippen molar-refractivity contribution in [3.63, 3.8) is 0 Å². The summed E-state index contributed by atoms with van der Waals surface area (Å²) in [6.45, 7) is 3.95. The quantitative estimate of drug-likeness (QED) is 0.729. The summed E-state index contributed by atoms with van der Waals surface area (Å²) in [4.78, 5) is 4.38. The lowest BCUT2D eigenvalue weighted by Crippen LogP contribution is -2.26. The van der Waals surface area contributed by atoms with E-state index in [0.717, 1.165) is 30.9 Å². The van der Waals surface area contributed by atoms with Crippen molar-refractivity contribution in [1.29, 1.82) is 0 Å². The first-order chi connectivity index (χ1) is 6.84. The van der Waals surface area contributed by atoms with Crippen LogP contribution in [0.1, 0.15) is 17.0 Å². The van der Waals surface area contributed by atoms with Crippen LogP contribution in [-0.4, -0.2) is 21.1 Å². The third-order valence-corrected chi connectivity index (χ3v) is 2.65. The Labute approximate surface area is 94.1 Å². The number of aryl methyl sites for hydroxylation is 1. The maximum absolute atomic E-state index is 4.45. The zero-order chi connectivity index (χ0) is 9.54. The van der Waals surface area contributed by atoms with E-state index in [1.165, 1.54) is 11.3 Å². The van der Waals surface area contributed by atoms with Crippen LogP contribution in [0.2, 0.25) is 0 Å². The van der Waals surface area contributed by atoms with Crippen LogP contribution < -0.4 is 5.32 Å². The van der Waals surface area contributed by atoms with E-state index in [4.69, 9.17) is 0 Å². The molecular formula is C10H13ClN4. The average molecular weight is 225 g/mol. The number of rotatable bonds is 0. The molecule has 4 nitrogen and oxygen atoms in total. The van der Waals surface area contributed by atoms with Crippen LogP contribution in [0.5, 0.6) is 0 Å². The molecule has 1 N–H and O–H groups in total. The summed E-state index contributed by atoms with van der Waals surface area (Å²) in [6.07, 6.45) is 2.99. The van der Waals surface area contributed by atoms with Gasteiger partial charge in [-0.2, -0.15) is 5.10 Å². The minimum Gasteiger partial charge on any atom is -0.312 e. The number of aromatic nitrogens is 3. The van der Waals surface area contributed by atoms with Crippen LogP contribution in [0.3, 0.4) is 0 Å². The molecule has 3 heterocycles. The summed E-state index contributed by atoms with van der Waals surface area (Å²) < 4.78 is 1.98. The van der Waals surface area contributed by atoms with Gasteiger partial charge in [0.05, 0.1) is 11.4 Å². The maximum atomic E-state index is 4.45. The Bertz CT molecular complexity index is 491. The molecule has 0 amide bonds. The molecule has 80 valence electrons. The largest absolute Gasteiger partial charge is 0.312 e. The molecule has 0 saturated carbocycles. The number of halogens is 1. The molecule has 0 spiro atoms. The van der Waals surface area contributed by atoms with Crippen LogP contribution >= 0.6 is 12.4 Å². The number of hydrogen-bond donors (Lipinski definition) is 1. The molecule has 0 bridgehead atoms. The fraction of sp³-hybridized carbons (Fsp3) is 0.400. The van der Waals surface area contributed by atoms with Gasteiger partial charge < -0.3 is 5.32 Å². The summed E-state index contributed by atoms with van der Waals surface area (Å²) >= 11 is 0. The van der Waals surface area contributed by atoms with Crippen molar-refractivity contribution >= 4 is 18.1 Å². The molecular weight excluding hydrogens is 212 g/mol. The van der Waals surface area contributed by atoms with E-state index in [0.29, 0.717) is 0 Å². The number of fused-ring (bicyclic) bond motifs is 3. The highest BCUT2D eigenvalue weighted by Crippen LogP contribution is 2.14. The van der Waals surface area contributed by atoms with Gasteiger partial charge in [0.25, 0.3) is 0 Å². The molecule has 0 saturated heterocycles. The van der Waals surface area contributed by atoms with Gasteiger partial charge in [0, 0.05) is 37.3 Å². The standard InChI is InChI=1S/C10H12N4.ClH/c1-7-4-10-12-6-8-5-11-3-2-9(8)14(10)13-7;/h4,6,11H,2-3,5H2,1H3;1H. The summed E-state index contributed by atoms with van der Waals surface area (Å²) in [7, 11) is 0. The Balaban J connectivity index is 0.000000853. The van der Waals surface area contributed by atoms with Crippen molar-refractivity contribution in [3.8, 4) is 0 Å². The molecule has 3 rings (SSSR count). The minimum atomic E-state index is 0. The van der Waals surface area contributed by atoms with Gasteiger partial charge in [-0.05, 0) is 6.92 Å². The number of nitrogens with zero attached hydrogens (tertiary/aromatic N) is 3. The minimum absolute atomic E-state index is 0. The van der Waals surface area contributed by atoms with E-state index in [2.05, 4.69) is 15.4 Å². The Morgan fingerprint density at radius 2 is 2.33 bits per heavy atom. The third kappa shape index (κ3) is 1.60. The van der Waals surface area contributed by atoms with Crippen molar-refractivity contribution < 1.29 is 0 Å². The Hall–Kier alpha value is -1.13. The molecule has 0 fully saturated rings. The van der Waals surface area contributed by atoms with Crippen molar-refractivity contribution in [3.05, 3.63) is 29.2 Å². The molecule has 1 aliphatic heterocycles. The zero-order valence-electron chi connectivity index (χ0n) is 8.53. The van der Waals surface area contributed by atoms with Crippen molar-refractivity contribution in [2.24, 2.45) is 0 Å². The smallest absolute Gasteiger partial charge is 0.155 e. The van der Waals surface area contributed by atoms with Crippen LogP contribution in [0.15, 0.2) is 12.3 Å². The lowest BCUT2D eigenvalue weighted by Gasteiger charge is -2.16. The summed E-state index contributed by atoms with van der Waals surface area (Å²) in [5.74, 6) is 0. The normalized spacial score (nSPS) is 14.7. The van der Waals surface area contributed by atoms with Crippen LogP contribution in [0.25, 0.3) is 5.65 Å². The first kappa shape index (κ1) is 10.4. The van der Waals surface area contributed by atoms with E-state index in [-0.39, 0.29) is 12.4 Å². The number of nitrogens with one attached hydrogen (secondary N) is 1. The van der Waals surface area contributed by atoms with Crippen molar-refractivity contribution in [1.82, 2.24) is 19.9 Å². The van der Waals surface area contributed by atoms with Gasteiger partial charge in [-0.1, -0.05) is 0 Å². The van der Waals surface area contributed by atoms with Gasteiger partial charge >= 0.3 is 0 Å². The summed E-state index contributed by atoms with van der Waals surface area (Å²) in [5.41, 5.74) is 4.57. The predicted octanol–water partition coefficient (Wildman–Crippen LogP) is 1.11. The number of hydrogen-bond acceptors (Lipinski definition) is 3. The van der Waals surface area contributed by atoms with Gasteiger partial charge in [-0.3, -0.25) is 0 Å². The van der Waals surface area contributed by atoms with Gasteiger partial charge in [0.2, 0.25) is 0 Å². The van der Waals surface area contributed by atoms with Gasteiger partial charge in [-0.25, -0.2) is 9.50 Å². The Morgan fingerprint density at radius 3 is 3.20 bits per heavy atom. The monoisotopic (exact) mass is 224 g/mol. The molecule has 0 aliphatic carbocycles. The van der Waals surface area contributed by atoms with Crippen LogP contribution in [0.4, 0.5) is 0 Å². The highest BCUT2D eigenvalue weighted by Gasteiger charge is 2.13. The van der Waals surface area contributed by atoms with E-state index in [1.54, 1.807) is 0 Å². The second-order valence-corrected chi connectivity index (χ2v) is 3.71. The molecule has 5 heteroatoms. The Kier molecular flexibility index (Phi) is 2.63. The second kappa shape index (κ2) is 3.79. The van der Waals surface area contributed by atoms with Gasteiger partial charge in [0.1, 0.15) is 0 Å². The third-order valence-electron chi connectivity index (χ3n) is 2.65. The molecule has 2 aromatic heterocycles. The maximum Gasteiger partial charge on any atom is 0.155 e. The predicted molar refractivity (Wildman–Crippen MR) is 60.4 cm³/mol. The van der Waals surface area contributed by atoms with Gasteiger partial charge in [-0.15, -0.1) is 12.4 Å². The second-order valence-electron chi connectivity index (χ2n) is 3.71. The van der Waals surface area contributed by atoms with Crippen LogP contribution in [0, 0.1) is 6.92 Å². The molecule has 15 heavy (non-hydrogen) atoms. The summed E-state index contributed by atoms with van der Waals surface area (Å²) in [6, 6.07) is 2.02. The van der Waals surface area contributed by atoms with E-state index in [1.807, 2.05) is 23.7 Å². The fourth-order valence-corrected chi connectivity index (χ4v) is 1.97. The van der Waals surface area contributed by atoms with Crippen molar-refractivity contribution in [2.75, 3.05) is 6.54 Å². The topological polar surface area (TPSA) is 42.2 Å². The molecule has 0 unspecified atom stereocenters.